The van der Waals surface area contributed by atoms with Crippen LogP contribution in [-0.4, -0.2) is 49.3 Å². The van der Waals surface area contributed by atoms with Gasteiger partial charge in [-0.25, -0.2) is 0 Å². The molecule has 19 heavy (non-hydrogen) atoms. The molecule has 1 saturated heterocycles. The summed E-state index contributed by atoms with van der Waals surface area (Å²) in [5.41, 5.74) is 0.295. The molecule has 1 fully saturated rings. The van der Waals surface area contributed by atoms with Crippen LogP contribution in [0.3, 0.4) is 0 Å². The molecule has 0 aromatic rings. The first-order chi connectivity index (χ1) is 9.01. The molecular weight excluding hydrogens is 236 g/mol. The van der Waals surface area contributed by atoms with Gasteiger partial charge in [-0.05, 0) is 32.1 Å². The minimum Gasteiger partial charge on any atom is -0.380 e. The molecule has 0 aromatic carbocycles. The first-order valence-electron chi connectivity index (χ1n) is 8.08. The molecule has 1 N–H and O–H groups in total. The van der Waals surface area contributed by atoms with Crippen molar-refractivity contribution in [2.24, 2.45) is 5.92 Å². The van der Waals surface area contributed by atoms with E-state index in [0.717, 1.165) is 45.2 Å². The highest BCUT2D eigenvalue weighted by atomic mass is 16.5. The summed E-state index contributed by atoms with van der Waals surface area (Å²) in [5.74, 6) is 0.765. The number of piperazine rings is 1. The second-order valence-corrected chi connectivity index (χ2v) is 6.62. The van der Waals surface area contributed by atoms with Gasteiger partial charge in [0.1, 0.15) is 0 Å². The predicted octanol–water partition coefficient (Wildman–Crippen LogP) is 2.90. The van der Waals surface area contributed by atoms with E-state index in [2.05, 4.69) is 44.8 Å². The van der Waals surface area contributed by atoms with Crippen molar-refractivity contribution in [1.29, 1.82) is 0 Å². The summed E-state index contributed by atoms with van der Waals surface area (Å²) in [6.07, 6.45) is 3.58. The number of hydrogen-bond donors (Lipinski definition) is 1. The summed E-state index contributed by atoms with van der Waals surface area (Å²) in [6.45, 7) is 16.6. The molecule has 0 spiro atoms. The second kappa shape index (κ2) is 8.23. The summed E-state index contributed by atoms with van der Waals surface area (Å²) < 4.78 is 5.68. The van der Waals surface area contributed by atoms with Gasteiger partial charge in [0.2, 0.25) is 0 Å². The fraction of sp³-hybridized carbons (Fsp3) is 1.00. The molecule has 2 unspecified atom stereocenters. The number of nitrogens with one attached hydrogen (secondary N) is 1. The number of ether oxygens (including phenoxy) is 1. The van der Waals surface area contributed by atoms with Gasteiger partial charge in [-0.1, -0.05) is 27.7 Å². The van der Waals surface area contributed by atoms with E-state index in [-0.39, 0.29) is 0 Å². The molecule has 1 rings (SSSR count). The smallest absolute Gasteiger partial charge is 0.0593 e. The van der Waals surface area contributed by atoms with Crippen LogP contribution in [0.1, 0.15) is 53.9 Å². The zero-order valence-corrected chi connectivity index (χ0v) is 13.7. The Labute approximate surface area is 120 Å². The summed E-state index contributed by atoms with van der Waals surface area (Å²) in [7, 11) is 0. The highest BCUT2D eigenvalue weighted by Gasteiger charge is 2.35. The van der Waals surface area contributed by atoms with Crippen molar-refractivity contribution < 1.29 is 4.74 Å². The van der Waals surface area contributed by atoms with Crippen molar-refractivity contribution in [2.45, 2.75) is 65.5 Å². The van der Waals surface area contributed by atoms with E-state index in [0.29, 0.717) is 11.6 Å². The molecule has 0 aliphatic carbocycles. The lowest BCUT2D eigenvalue weighted by Gasteiger charge is -2.48. The predicted molar refractivity (Wildman–Crippen MR) is 82.6 cm³/mol. The molecule has 0 saturated carbocycles. The fourth-order valence-corrected chi connectivity index (χ4v) is 2.88. The SMILES string of the molecule is CCCOCCN1CC(CC(C)C)NCC1(C)CC. The topological polar surface area (TPSA) is 24.5 Å². The quantitative estimate of drug-likeness (QED) is 0.686. The van der Waals surface area contributed by atoms with Gasteiger partial charge in [0.25, 0.3) is 0 Å². The van der Waals surface area contributed by atoms with E-state index in [1.165, 1.54) is 12.8 Å². The maximum Gasteiger partial charge on any atom is 0.0593 e. The molecule has 0 amide bonds. The van der Waals surface area contributed by atoms with E-state index in [4.69, 9.17) is 4.74 Å². The molecule has 1 aliphatic heterocycles. The van der Waals surface area contributed by atoms with Gasteiger partial charge in [0, 0.05) is 37.8 Å². The van der Waals surface area contributed by atoms with Gasteiger partial charge in [0.05, 0.1) is 6.61 Å². The van der Waals surface area contributed by atoms with E-state index in [1.807, 2.05) is 0 Å². The Hall–Kier alpha value is -0.120. The van der Waals surface area contributed by atoms with Crippen LogP contribution < -0.4 is 5.32 Å². The molecule has 1 heterocycles. The van der Waals surface area contributed by atoms with Crippen LogP contribution in [0.15, 0.2) is 0 Å². The number of rotatable bonds is 8. The highest BCUT2D eigenvalue weighted by molar-refractivity contribution is 4.95. The third-order valence-corrected chi connectivity index (χ3v) is 4.35. The Kier molecular flexibility index (Phi) is 7.33. The van der Waals surface area contributed by atoms with E-state index >= 15 is 0 Å². The van der Waals surface area contributed by atoms with Crippen molar-refractivity contribution in [3.8, 4) is 0 Å². The lowest BCUT2D eigenvalue weighted by Crippen LogP contribution is -2.63. The van der Waals surface area contributed by atoms with E-state index in [9.17, 15) is 0 Å². The lowest BCUT2D eigenvalue weighted by atomic mass is 9.90. The van der Waals surface area contributed by atoms with E-state index < -0.39 is 0 Å². The average molecular weight is 270 g/mol. The van der Waals surface area contributed by atoms with Gasteiger partial charge in [-0.2, -0.15) is 0 Å². The third kappa shape index (κ3) is 5.41. The van der Waals surface area contributed by atoms with Crippen molar-refractivity contribution in [3.05, 3.63) is 0 Å². The number of nitrogens with zero attached hydrogens (tertiary/aromatic N) is 1. The van der Waals surface area contributed by atoms with E-state index in [1.54, 1.807) is 0 Å². The van der Waals surface area contributed by atoms with Crippen LogP contribution in [0, 0.1) is 5.92 Å². The maximum absolute atomic E-state index is 5.68. The van der Waals surface area contributed by atoms with Crippen molar-refractivity contribution in [2.75, 3.05) is 32.8 Å². The van der Waals surface area contributed by atoms with Gasteiger partial charge in [-0.15, -0.1) is 0 Å². The zero-order chi connectivity index (χ0) is 14.3. The summed E-state index contributed by atoms with van der Waals surface area (Å²) in [4.78, 5) is 2.65. The van der Waals surface area contributed by atoms with Crippen LogP contribution in [0.2, 0.25) is 0 Å². The monoisotopic (exact) mass is 270 g/mol. The molecule has 114 valence electrons. The normalized spacial score (nSPS) is 29.1. The van der Waals surface area contributed by atoms with Gasteiger partial charge in [0.15, 0.2) is 0 Å². The fourth-order valence-electron chi connectivity index (χ4n) is 2.88. The van der Waals surface area contributed by atoms with Crippen LogP contribution in [0.5, 0.6) is 0 Å². The first kappa shape index (κ1) is 16.9. The molecule has 2 atom stereocenters. The Balaban J connectivity index is 2.48. The van der Waals surface area contributed by atoms with Gasteiger partial charge >= 0.3 is 0 Å². The first-order valence-corrected chi connectivity index (χ1v) is 8.08. The Bertz CT molecular complexity index is 245. The number of hydrogen-bond acceptors (Lipinski definition) is 3. The highest BCUT2D eigenvalue weighted by Crippen LogP contribution is 2.24. The van der Waals surface area contributed by atoms with Crippen LogP contribution in [0.4, 0.5) is 0 Å². The van der Waals surface area contributed by atoms with Crippen molar-refractivity contribution in [3.63, 3.8) is 0 Å². The maximum atomic E-state index is 5.68. The largest absolute Gasteiger partial charge is 0.380 e. The van der Waals surface area contributed by atoms with Crippen molar-refractivity contribution >= 4 is 0 Å². The summed E-state index contributed by atoms with van der Waals surface area (Å²) in [5, 5.41) is 3.74. The lowest BCUT2D eigenvalue weighted by molar-refractivity contribution is 0.0143. The summed E-state index contributed by atoms with van der Waals surface area (Å²) >= 11 is 0. The van der Waals surface area contributed by atoms with Crippen LogP contribution in [-0.2, 0) is 4.74 Å². The standard InChI is InChI=1S/C16H34N2O/c1-6-9-19-10-8-18-12-15(11-14(3)4)17-13-16(18,5)7-2/h14-15,17H,6-13H2,1-5H3. The molecule has 0 aromatic heterocycles. The molecule has 0 bridgehead atoms. The van der Waals surface area contributed by atoms with Crippen molar-refractivity contribution in [1.82, 2.24) is 10.2 Å². The Morgan fingerprint density at radius 3 is 2.63 bits per heavy atom. The minimum atomic E-state index is 0.295. The molecular formula is C16H34N2O. The second-order valence-electron chi connectivity index (χ2n) is 6.62. The molecule has 3 heteroatoms. The average Bonchev–Trinajstić information content (AvgIpc) is 2.37. The zero-order valence-electron chi connectivity index (χ0n) is 13.7. The molecule has 3 nitrogen and oxygen atoms in total. The third-order valence-electron chi connectivity index (χ3n) is 4.35. The molecule has 1 aliphatic rings. The Morgan fingerprint density at radius 1 is 1.32 bits per heavy atom. The minimum absolute atomic E-state index is 0.295. The van der Waals surface area contributed by atoms with Crippen LogP contribution >= 0.6 is 0 Å². The summed E-state index contributed by atoms with van der Waals surface area (Å²) in [6, 6.07) is 0.644. The van der Waals surface area contributed by atoms with Gasteiger partial charge < -0.3 is 10.1 Å². The van der Waals surface area contributed by atoms with Gasteiger partial charge in [-0.3, -0.25) is 4.90 Å². The van der Waals surface area contributed by atoms with Crippen LogP contribution in [0.25, 0.3) is 0 Å². The molecule has 0 radical (unpaired) electrons. The Morgan fingerprint density at radius 2 is 2.05 bits per heavy atom.